The van der Waals surface area contributed by atoms with Crippen molar-refractivity contribution < 1.29 is 14.4 Å². The van der Waals surface area contributed by atoms with Crippen molar-refractivity contribution in [2.24, 2.45) is 12.5 Å². The average molecular weight is 264 g/mol. The van der Waals surface area contributed by atoms with E-state index in [9.17, 15) is 14.4 Å². The van der Waals surface area contributed by atoms with Crippen LogP contribution in [0.3, 0.4) is 0 Å². The van der Waals surface area contributed by atoms with Gasteiger partial charge in [-0.15, -0.1) is 0 Å². The highest BCUT2D eigenvalue weighted by Gasteiger charge is 2.48. The lowest BCUT2D eigenvalue weighted by molar-refractivity contribution is -0.140. The van der Waals surface area contributed by atoms with Crippen molar-refractivity contribution >= 4 is 23.5 Å². The summed E-state index contributed by atoms with van der Waals surface area (Å²) in [4.78, 5) is 36.9. The van der Waals surface area contributed by atoms with Gasteiger partial charge in [0.25, 0.3) is 0 Å². The molecular weight excluding hydrogens is 248 g/mol. The molecule has 1 fully saturated rings. The van der Waals surface area contributed by atoms with Crippen molar-refractivity contribution in [1.82, 2.24) is 15.1 Å². The zero-order valence-electron chi connectivity index (χ0n) is 11.4. The van der Waals surface area contributed by atoms with Gasteiger partial charge in [-0.25, -0.2) is 9.69 Å². The van der Waals surface area contributed by atoms with Gasteiger partial charge in [-0.05, 0) is 20.3 Å². The molecule has 2 rings (SSSR count). The highest BCUT2D eigenvalue weighted by atomic mass is 16.2. The molecular formula is C12H16N4O3. The molecule has 0 spiro atoms. The number of nitrogens with one attached hydrogen (secondary N) is 1. The number of anilines is 1. The number of aryl methyl sites for hydroxylation is 2. The number of hydrogen-bond donors (Lipinski definition) is 1. The summed E-state index contributed by atoms with van der Waals surface area (Å²) in [6.07, 6.45) is 2.18. The Morgan fingerprint density at radius 3 is 2.53 bits per heavy atom. The van der Waals surface area contributed by atoms with E-state index in [0.717, 1.165) is 4.90 Å². The van der Waals surface area contributed by atoms with Crippen LogP contribution in [0.1, 0.15) is 26.5 Å². The third-order valence-corrected chi connectivity index (χ3v) is 3.19. The summed E-state index contributed by atoms with van der Waals surface area (Å²) in [5.41, 5.74) is -0.210. The number of nitrogens with zero attached hydrogens (tertiary/aromatic N) is 3. The Morgan fingerprint density at radius 2 is 1.95 bits per heavy atom. The Kier molecular flexibility index (Phi) is 2.92. The number of carbonyl (C=O) groups excluding carboxylic acids is 3. The Bertz CT molecular complexity index is 574. The number of barbiturate groups is 1. The van der Waals surface area contributed by atoms with Crippen molar-refractivity contribution in [3.63, 3.8) is 0 Å². The molecule has 1 N–H and O–H groups in total. The lowest BCUT2D eigenvalue weighted by Crippen LogP contribution is -2.62. The van der Waals surface area contributed by atoms with Crippen molar-refractivity contribution in [3.05, 3.63) is 11.9 Å². The van der Waals surface area contributed by atoms with E-state index in [1.165, 1.54) is 18.5 Å². The zero-order valence-corrected chi connectivity index (χ0v) is 11.4. The number of imide groups is 2. The maximum absolute atomic E-state index is 12.4. The number of carbonyl (C=O) groups is 3. The second kappa shape index (κ2) is 4.18. The van der Waals surface area contributed by atoms with E-state index >= 15 is 0 Å². The van der Waals surface area contributed by atoms with E-state index in [4.69, 9.17) is 0 Å². The highest BCUT2D eigenvalue weighted by molar-refractivity contribution is 6.29. The van der Waals surface area contributed by atoms with Gasteiger partial charge in [0.15, 0.2) is 0 Å². The molecule has 102 valence electrons. The molecule has 19 heavy (non-hydrogen) atoms. The number of amides is 4. The van der Waals surface area contributed by atoms with Gasteiger partial charge in [-0.3, -0.25) is 19.6 Å². The first kappa shape index (κ1) is 13.3. The Balaban J connectivity index is 2.51. The van der Waals surface area contributed by atoms with Crippen LogP contribution in [0.4, 0.5) is 10.5 Å². The molecule has 0 aliphatic carbocycles. The van der Waals surface area contributed by atoms with Gasteiger partial charge in [0.05, 0.1) is 11.4 Å². The Hall–Kier alpha value is -2.18. The fourth-order valence-electron chi connectivity index (χ4n) is 1.96. The molecule has 1 aromatic heterocycles. The molecule has 0 aromatic carbocycles. The van der Waals surface area contributed by atoms with E-state index in [2.05, 4.69) is 10.4 Å². The first-order valence-corrected chi connectivity index (χ1v) is 6.01. The van der Waals surface area contributed by atoms with Crippen LogP contribution < -0.4 is 10.2 Å². The number of hydrogen-bond acceptors (Lipinski definition) is 4. The second-order valence-electron chi connectivity index (χ2n) is 5.01. The lowest BCUT2D eigenvalue weighted by Gasteiger charge is -2.34. The van der Waals surface area contributed by atoms with Gasteiger partial charge < -0.3 is 0 Å². The van der Waals surface area contributed by atoms with Crippen LogP contribution >= 0.6 is 0 Å². The van der Waals surface area contributed by atoms with E-state index in [-0.39, 0.29) is 0 Å². The summed E-state index contributed by atoms with van der Waals surface area (Å²) in [7, 11) is 1.71. The number of urea groups is 1. The van der Waals surface area contributed by atoms with Crippen LogP contribution in [0.2, 0.25) is 0 Å². The average Bonchev–Trinajstić information content (AvgIpc) is 2.68. The predicted molar refractivity (Wildman–Crippen MR) is 67.4 cm³/mol. The Morgan fingerprint density at radius 1 is 1.32 bits per heavy atom. The monoisotopic (exact) mass is 264 g/mol. The molecule has 0 radical (unpaired) electrons. The maximum atomic E-state index is 12.4. The van der Waals surface area contributed by atoms with E-state index in [0.29, 0.717) is 17.8 Å². The normalized spacial score (nSPS) is 18.7. The lowest BCUT2D eigenvalue weighted by atomic mass is 9.88. The summed E-state index contributed by atoms with van der Waals surface area (Å²) in [5.74, 6) is -1.12. The third-order valence-electron chi connectivity index (χ3n) is 3.19. The summed E-state index contributed by atoms with van der Waals surface area (Å²) in [5, 5.41) is 6.40. The largest absolute Gasteiger partial charge is 0.335 e. The molecule has 0 bridgehead atoms. The zero-order chi connectivity index (χ0) is 14.4. The minimum Gasteiger partial charge on any atom is -0.276 e. The standard InChI is InChI=1S/C12H16N4O3/c1-5-7-8(6-15(4)14-7)16-10(18)12(2,3)9(17)13-11(16)19/h6H,5H2,1-4H3,(H,13,17,19). The van der Waals surface area contributed by atoms with Gasteiger partial charge in [-0.1, -0.05) is 6.92 Å². The molecule has 1 aliphatic heterocycles. The molecule has 2 heterocycles. The summed E-state index contributed by atoms with van der Waals surface area (Å²) >= 11 is 0. The van der Waals surface area contributed by atoms with Crippen molar-refractivity contribution in [2.75, 3.05) is 4.90 Å². The summed E-state index contributed by atoms with van der Waals surface area (Å²) < 4.78 is 1.54. The number of rotatable bonds is 2. The molecule has 1 aliphatic rings. The van der Waals surface area contributed by atoms with Gasteiger partial charge >= 0.3 is 6.03 Å². The van der Waals surface area contributed by atoms with Gasteiger partial charge in [-0.2, -0.15) is 5.10 Å². The van der Waals surface area contributed by atoms with Crippen LogP contribution in [0, 0.1) is 5.41 Å². The van der Waals surface area contributed by atoms with Crippen LogP contribution in [-0.4, -0.2) is 27.6 Å². The van der Waals surface area contributed by atoms with Crippen molar-refractivity contribution in [3.8, 4) is 0 Å². The van der Waals surface area contributed by atoms with Gasteiger partial charge in [0.2, 0.25) is 11.8 Å². The molecule has 0 saturated carbocycles. The van der Waals surface area contributed by atoms with Gasteiger partial charge in [0, 0.05) is 13.2 Å². The third kappa shape index (κ3) is 1.91. The number of aromatic nitrogens is 2. The second-order valence-corrected chi connectivity index (χ2v) is 5.01. The maximum Gasteiger partial charge on any atom is 0.335 e. The smallest absolute Gasteiger partial charge is 0.276 e. The fraction of sp³-hybridized carbons (Fsp3) is 0.500. The SMILES string of the molecule is CCc1nn(C)cc1N1C(=O)NC(=O)C(C)(C)C1=O. The van der Waals surface area contributed by atoms with Crippen LogP contribution in [0.15, 0.2) is 6.20 Å². The molecule has 7 nitrogen and oxygen atoms in total. The molecule has 0 unspecified atom stereocenters. The minimum atomic E-state index is -1.27. The highest BCUT2D eigenvalue weighted by Crippen LogP contribution is 2.29. The van der Waals surface area contributed by atoms with Gasteiger partial charge in [0.1, 0.15) is 5.41 Å². The van der Waals surface area contributed by atoms with E-state index < -0.39 is 23.3 Å². The quantitative estimate of drug-likeness (QED) is 0.792. The first-order chi connectivity index (χ1) is 8.78. The van der Waals surface area contributed by atoms with Crippen molar-refractivity contribution in [2.45, 2.75) is 27.2 Å². The Labute approximate surface area is 110 Å². The summed E-state index contributed by atoms with van der Waals surface area (Å²) in [6, 6.07) is -0.725. The van der Waals surface area contributed by atoms with Crippen LogP contribution in [-0.2, 0) is 23.1 Å². The topological polar surface area (TPSA) is 84.3 Å². The van der Waals surface area contributed by atoms with E-state index in [1.807, 2.05) is 6.92 Å². The predicted octanol–water partition coefficient (Wildman–Crippen LogP) is 0.591. The molecule has 4 amide bonds. The molecule has 7 heteroatoms. The van der Waals surface area contributed by atoms with Crippen LogP contribution in [0.5, 0.6) is 0 Å². The minimum absolute atomic E-state index is 0.424. The van der Waals surface area contributed by atoms with Crippen LogP contribution in [0.25, 0.3) is 0 Å². The molecule has 1 aromatic rings. The van der Waals surface area contributed by atoms with Crippen molar-refractivity contribution in [1.29, 1.82) is 0 Å². The fourth-order valence-corrected chi connectivity index (χ4v) is 1.96. The first-order valence-electron chi connectivity index (χ1n) is 6.01. The summed E-state index contributed by atoms with van der Waals surface area (Å²) in [6.45, 7) is 4.87. The van der Waals surface area contributed by atoms with E-state index in [1.54, 1.807) is 13.2 Å². The molecule has 0 atom stereocenters. The molecule has 1 saturated heterocycles.